The lowest BCUT2D eigenvalue weighted by molar-refractivity contribution is -0.115. The Balaban J connectivity index is 2.03. The fourth-order valence-corrected chi connectivity index (χ4v) is 3.73. The molecule has 2 aromatic carbocycles. The minimum atomic E-state index is -3.91. The fraction of sp³-hybridized carbons (Fsp3) is 0.118. The quantitative estimate of drug-likeness (QED) is 0.639. The minimum Gasteiger partial charge on any atom is -0.354 e. The van der Waals surface area contributed by atoms with Gasteiger partial charge in [-0.25, -0.2) is 22.3 Å². The monoisotopic (exact) mass is 377 g/mol. The zero-order valence-electron chi connectivity index (χ0n) is 13.2. The van der Waals surface area contributed by atoms with E-state index in [1.54, 1.807) is 0 Å². The molecule has 1 amide bonds. The van der Waals surface area contributed by atoms with Gasteiger partial charge in [0.2, 0.25) is 15.9 Å². The van der Waals surface area contributed by atoms with Crippen LogP contribution < -0.4 is 10.5 Å². The van der Waals surface area contributed by atoms with E-state index in [0.717, 1.165) is 0 Å². The first kappa shape index (κ1) is 16.7. The number of carbonyl (C=O) groups excluding carboxylic acids is 1. The van der Waals surface area contributed by atoms with Crippen LogP contribution in [0, 0.1) is 0 Å². The van der Waals surface area contributed by atoms with Gasteiger partial charge in [-0.15, -0.1) is 0 Å². The molecule has 1 aliphatic heterocycles. The van der Waals surface area contributed by atoms with E-state index in [2.05, 4.69) is 10.3 Å². The summed E-state index contributed by atoms with van der Waals surface area (Å²) >= 11 is 0. The van der Waals surface area contributed by atoms with E-state index in [1.165, 1.54) is 36.4 Å². The Morgan fingerprint density at radius 3 is 2.58 bits per heavy atom. The zero-order valence-corrected chi connectivity index (χ0v) is 14.0. The van der Waals surface area contributed by atoms with Gasteiger partial charge in [-0.3, -0.25) is 4.79 Å². The summed E-state index contributed by atoms with van der Waals surface area (Å²) in [6, 6.07) is 8.29. The third kappa shape index (κ3) is 2.65. The minimum absolute atomic E-state index is 0.0257. The molecule has 0 radical (unpaired) electrons. The van der Waals surface area contributed by atoms with Crippen LogP contribution in [-0.2, 0) is 21.2 Å². The van der Waals surface area contributed by atoms with Crippen LogP contribution in [0.25, 0.3) is 22.2 Å². The highest BCUT2D eigenvalue weighted by molar-refractivity contribution is 7.89. The maximum atomic E-state index is 13.1. The lowest BCUT2D eigenvalue weighted by Crippen LogP contribution is -2.13. The van der Waals surface area contributed by atoms with Crippen LogP contribution >= 0.6 is 0 Å². The molecule has 26 heavy (non-hydrogen) atoms. The normalized spacial score (nSPS) is 14.1. The summed E-state index contributed by atoms with van der Waals surface area (Å²) in [6.07, 6.45) is -2.68. The van der Waals surface area contributed by atoms with E-state index in [0.29, 0.717) is 33.4 Å². The first-order chi connectivity index (χ1) is 12.2. The van der Waals surface area contributed by atoms with Gasteiger partial charge in [0, 0.05) is 22.0 Å². The maximum Gasteiger partial charge on any atom is 0.263 e. The maximum absolute atomic E-state index is 13.1. The van der Waals surface area contributed by atoms with Crippen LogP contribution in [0.4, 0.5) is 14.5 Å². The predicted octanol–water partition coefficient (Wildman–Crippen LogP) is 2.91. The summed E-state index contributed by atoms with van der Waals surface area (Å²) in [5, 5.41) is 8.38. The molecule has 134 valence electrons. The van der Waals surface area contributed by atoms with Gasteiger partial charge in [-0.1, -0.05) is 6.07 Å². The van der Waals surface area contributed by atoms with Crippen LogP contribution in [0.2, 0.25) is 0 Å². The summed E-state index contributed by atoms with van der Waals surface area (Å²) in [5.74, 6) is -0.322. The van der Waals surface area contributed by atoms with Crippen molar-refractivity contribution >= 4 is 32.5 Å². The first-order valence-electron chi connectivity index (χ1n) is 7.64. The van der Waals surface area contributed by atoms with Crippen molar-refractivity contribution in [1.82, 2.24) is 4.98 Å². The molecule has 0 spiro atoms. The molecule has 0 bridgehead atoms. The number of hydrogen-bond donors (Lipinski definition) is 3. The Morgan fingerprint density at radius 2 is 1.88 bits per heavy atom. The highest BCUT2D eigenvalue weighted by Gasteiger charge is 2.25. The lowest BCUT2D eigenvalue weighted by atomic mass is 10.0. The van der Waals surface area contributed by atoms with Gasteiger partial charge in [-0.05, 0) is 35.9 Å². The van der Waals surface area contributed by atoms with E-state index in [9.17, 15) is 22.0 Å². The van der Waals surface area contributed by atoms with Crippen molar-refractivity contribution in [1.29, 1.82) is 0 Å². The number of H-pyrrole nitrogens is 1. The summed E-state index contributed by atoms with van der Waals surface area (Å²) in [5.41, 5.74) is 2.30. The molecule has 3 aromatic rings. The second kappa shape index (κ2) is 5.61. The molecule has 4 N–H and O–H groups in total. The summed E-state index contributed by atoms with van der Waals surface area (Å²) < 4.78 is 49.4. The molecule has 0 aliphatic carbocycles. The Kier molecular flexibility index (Phi) is 3.60. The number of carbonyl (C=O) groups is 1. The summed E-state index contributed by atoms with van der Waals surface area (Å²) in [6.45, 7) is 0. The molecule has 0 unspecified atom stereocenters. The second-order valence-electron chi connectivity index (χ2n) is 6.06. The summed E-state index contributed by atoms with van der Waals surface area (Å²) in [4.78, 5) is 15.3. The molecule has 1 aliphatic rings. The van der Waals surface area contributed by atoms with Crippen LogP contribution in [0.3, 0.4) is 0 Å². The van der Waals surface area contributed by atoms with E-state index in [1.807, 2.05) is 0 Å². The van der Waals surface area contributed by atoms with Crippen molar-refractivity contribution in [3.8, 4) is 11.3 Å². The van der Waals surface area contributed by atoms with Gasteiger partial charge in [0.1, 0.15) is 0 Å². The molecule has 0 saturated heterocycles. The SMILES string of the molecule is NS(=O)(=O)c1ccc2[nH]c3c(c2c1)CC(=O)Nc1ccc(C(F)F)cc1-3. The molecule has 9 heteroatoms. The number of rotatable bonds is 2. The zero-order chi connectivity index (χ0) is 18.6. The Hall–Kier alpha value is -2.78. The number of nitrogens with two attached hydrogens (primary N) is 1. The highest BCUT2D eigenvalue weighted by atomic mass is 32.2. The smallest absolute Gasteiger partial charge is 0.263 e. The molecule has 6 nitrogen and oxygen atoms in total. The second-order valence-corrected chi connectivity index (χ2v) is 7.62. The molecule has 2 heterocycles. The fourth-order valence-electron chi connectivity index (χ4n) is 3.19. The van der Waals surface area contributed by atoms with E-state index < -0.39 is 16.4 Å². The highest BCUT2D eigenvalue weighted by Crippen LogP contribution is 2.39. The molecule has 4 rings (SSSR count). The van der Waals surface area contributed by atoms with Gasteiger partial charge in [0.25, 0.3) is 6.43 Å². The predicted molar refractivity (Wildman–Crippen MR) is 92.4 cm³/mol. The topological polar surface area (TPSA) is 105 Å². The molecule has 0 saturated carbocycles. The number of primary sulfonamides is 1. The number of nitrogens with one attached hydrogen (secondary N) is 2. The average molecular weight is 377 g/mol. The van der Waals surface area contributed by atoms with Crippen LogP contribution in [0.15, 0.2) is 41.3 Å². The summed E-state index contributed by atoms with van der Waals surface area (Å²) in [7, 11) is -3.91. The number of fused-ring (bicyclic) bond motifs is 5. The standard InChI is InChI=1S/C17H13F2N3O3S/c18-17(19)8-1-3-14-12(5-8)16-11(7-15(23)21-14)10-6-9(26(20,24)25)2-4-13(10)22-16/h1-6,17,22H,7H2,(H,21,23)(H2,20,24,25). The number of halogens is 2. The first-order valence-corrected chi connectivity index (χ1v) is 9.18. The molecular weight excluding hydrogens is 364 g/mol. The molecular formula is C17H13F2N3O3S. The van der Waals surface area contributed by atoms with Crippen molar-refractivity contribution in [2.45, 2.75) is 17.7 Å². The largest absolute Gasteiger partial charge is 0.354 e. The third-order valence-electron chi connectivity index (χ3n) is 4.38. The van der Waals surface area contributed by atoms with Gasteiger partial charge < -0.3 is 10.3 Å². The number of sulfonamides is 1. The van der Waals surface area contributed by atoms with Gasteiger partial charge >= 0.3 is 0 Å². The van der Waals surface area contributed by atoms with Gasteiger partial charge in [-0.2, -0.15) is 0 Å². The van der Waals surface area contributed by atoms with Gasteiger partial charge in [0.15, 0.2) is 0 Å². The average Bonchev–Trinajstić information content (AvgIpc) is 2.85. The van der Waals surface area contributed by atoms with Crippen molar-refractivity contribution < 1.29 is 22.0 Å². The number of hydrogen-bond acceptors (Lipinski definition) is 3. The lowest BCUT2D eigenvalue weighted by Gasteiger charge is -2.09. The van der Waals surface area contributed by atoms with E-state index in [-0.39, 0.29) is 22.8 Å². The molecule has 0 atom stereocenters. The number of benzene rings is 2. The molecule has 1 aromatic heterocycles. The van der Waals surface area contributed by atoms with Crippen molar-refractivity contribution in [2.75, 3.05) is 5.32 Å². The van der Waals surface area contributed by atoms with Crippen LogP contribution in [-0.4, -0.2) is 19.3 Å². The Labute approximate surface area is 147 Å². The number of aromatic nitrogens is 1. The molecule has 0 fully saturated rings. The Bertz CT molecular complexity index is 1170. The number of anilines is 1. The van der Waals surface area contributed by atoms with Crippen molar-refractivity contribution in [3.63, 3.8) is 0 Å². The van der Waals surface area contributed by atoms with Crippen molar-refractivity contribution in [3.05, 3.63) is 47.5 Å². The van der Waals surface area contributed by atoms with E-state index in [4.69, 9.17) is 5.14 Å². The number of alkyl halides is 2. The number of amides is 1. The van der Waals surface area contributed by atoms with Crippen molar-refractivity contribution in [2.24, 2.45) is 5.14 Å². The third-order valence-corrected chi connectivity index (χ3v) is 5.29. The van der Waals surface area contributed by atoms with E-state index >= 15 is 0 Å². The van der Waals surface area contributed by atoms with Gasteiger partial charge in [0.05, 0.1) is 22.7 Å². The van der Waals surface area contributed by atoms with Crippen LogP contribution in [0.1, 0.15) is 17.6 Å². The Morgan fingerprint density at radius 1 is 1.12 bits per heavy atom. The number of aromatic amines is 1. The van der Waals surface area contributed by atoms with Crippen LogP contribution in [0.5, 0.6) is 0 Å².